The molecule has 4 nitrogen and oxygen atoms in total. The normalized spacial score (nSPS) is 14.9. The Bertz CT molecular complexity index is 670. The van der Waals surface area contributed by atoms with E-state index in [2.05, 4.69) is 28.5 Å². The van der Waals surface area contributed by atoms with Crippen LogP contribution in [0.2, 0.25) is 0 Å². The summed E-state index contributed by atoms with van der Waals surface area (Å²) in [7, 11) is 0. The van der Waals surface area contributed by atoms with Crippen molar-refractivity contribution >= 4 is 5.82 Å². The Morgan fingerprint density at radius 2 is 2.04 bits per heavy atom. The van der Waals surface area contributed by atoms with Crippen LogP contribution < -0.4 is 10.1 Å². The molecule has 1 N–H and O–H groups in total. The van der Waals surface area contributed by atoms with Crippen LogP contribution in [0.1, 0.15) is 43.2 Å². The lowest BCUT2D eigenvalue weighted by atomic mass is 9.98. The summed E-state index contributed by atoms with van der Waals surface area (Å²) in [6.07, 6.45) is 8.15. The standard InChI is InChI=1S/C19H21N3O/c20-12-16-9-10-19(22-14-16)21-13-15-5-4-8-18(11-15)23-17-6-2-1-3-7-17/h4-5,8-11,14,17H,1-3,6-7,13H2,(H,21,22). The van der Waals surface area contributed by atoms with Crippen molar-refractivity contribution < 1.29 is 4.74 Å². The number of anilines is 1. The predicted octanol–water partition coefficient (Wildman–Crippen LogP) is 4.28. The number of nitrogens with one attached hydrogen (secondary N) is 1. The molecule has 1 fully saturated rings. The molecule has 0 bridgehead atoms. The van der Waals surface area contributed by atoms with Crippen LogP contribution in [0.3, 0.4) is 0 Å². The van der Waals surface area contributed by atoms with E-state index in [1.807, 2.05) is 18.2 Å². The first kappa shape index (κ1) is 15.4. The highest BCUT2D eigenvalue weighted by molar-refractivity contribution is 5.40. The van der Waals surface area contributed by atoms with Crippen LogP contribution in [-0.4, -0.2) is 11.1 Å². The van der Waals surface area contributed by atoms with Gasteiger partial charge in [-0.2, -0.15) is 5.26 Å². The van der Waals surface area contributed by atoms with Crippen molar-refractivity contribution in [2.45, 2.75) is 44.8 Å². The van der Waals surface area contributed by atoms with Crippen molar-refractivity contribution in [3.8, 4) is 11.8 Å². The molecule has 0 radical (unpaired) electrons. The number of aromatic nitrogens is 1. The van der Waals surface area contributed by atoms with Crippen LogP contribution in [0.25, 0.3) is 0 Å². The van der Waals surface area contributed by atoms with Gasteiger partial charge in [-0.05, 0) is 55.5 Å². The molecule has 3 rings (SSSR count). The first-order chi connectivity index (χ1) is 11.3. The third-order valence-electron chi connectivity index (χ3n) is 4.12. The molecular formula is C19H21N3O. The van der Waals surface area contributed by atoms with Gasteiger partial charge in [-0.25, -0.2) is 4.98 Å². The van der Waals surface area contributed by atoms with E-state index in [1.54, 1.807) is 12.3 Å². The maximum absolute atomic E-state index is 8.78. The van der Waals surface area contributed by atoms with Crippen molar-refractivity contribution in [3.63, 3.8) is 0 Å². The summed E-state index contributed by atoms with van der Waals surface area (Å²) >= 11 is 0. The maximum Gasteiger partial charge on any atom is 0.126 e. The summed E-state index contributed by atoms with van der Waals surface area (Å²) in [5.74, 6) is 1.71. The lowest BCUT2D eigenvalue weighted by Gasteiger charge is -2.23. The number of hydrogen-bond donors (Lipinski definition) is 1. The third-order valence-corrected chi connectivity index (χ3v) is 4.12. The molecule has 1 aromatic heterocycles. The fourth-order valence-corrected chi connectivity index (χ4v) is 2.86. The molecule has 0 unspecified atom stereocenters. The van der Waals surface area contributed by atoms with E-state index in [4.69, 9.17) is 10.00 Å². The van der Waals surface area contributed by atoms with E-state index < -0.39 is 0 Å². The summed E-state index contributed by atoms with van der Waals surface area (Å²) < 4.78 is 6.10. The SMILES string of the molecule is N#Cc1ccc(NCc2cccc(OC3CCCCC3)c2)nc1. The topological polar surface area (TPSA) is 57.9 Å². The van der Waals surface area contributed by atoms with Crippen molar-refractivity contribution in [2.24, 2.45) is 0 Å². The van der Waals surface area contributed by atoms with Gasteiger partial charge < -0.3 is 10.1 Å². The molecule has 0 amide bonds. The lowest BCUT2D eigenvalue weighted by molar-refractivity contribution is 0.155. The molecule has 118 valence electrons. The van der Waals surface area contributed by atoms with Gasteiger partial charge in [-0.1, -0.05) is 18.6 Å². The van der Waals surface area contributed by atoms with Crippen LogP contribution in [0.15, 0.2) is 42.6 Å². The first-order valence-corrected chi connectivity index (χ1v) is 8.19. The van der Waals surface area contributed by atoms with Crippen molar-refractivity contribution in [1.82, 2.24) is 4.98 Å². The Morgan fingerprint density at radius 1 is 1.17 bits per heavy atom. The molecule has 0 saturated heterocycles. The Hall–Kier alpha value is -2.54. The molecule has 1 saturated carbocycles. The van der Waals surface area contributed by atoms with E-state index in [1.165, 1.54) is 19.3 Å². The predicted molar refractivity (Wildman–Crippen MR) is 90.2 cm³/mol. The van der Waals surface area contributed by atoms with Crippen molar-refractivity contribution in [2.75, 3.05) is 5.32 Å². The van der Waals surface area contributed by atoms with Gasteiger partial charge >= 0.3 is 0 Å². The zero-order valence-electron chi connectivity index (χ0n) is 13.2. The van der Waals surface area contributed by atoms with Crippen LogP contribution in [0.5, 0.6) is 5.75 Å². The average molecular weight is 307 g/mol. The highest BCUT2D eigenvalue weighted by atomic mass is 16.5. The number of pyridine rings is 1. The van der Waals surface area contributed by atoms with Gasteiger partial charge in [0.05, 0.1) is 11.7 Å². The van der Waals surface area contributed by atoms with Gasteiger partial charge in [-0.15, -0.1) is 0 Å². The minimum absolute atomic E-state index is 0.368. The monoisotopic (exact) mass is 307 g/mol. The Balaban J connectivity index is 1.57. The van der Waals surface area contributed by atoms with E-state index >= 15 is 0 Å². The Morgan fingerprint density at radius 3 is 2.78 bits per heavy atom. The largest absolute Gasteiger partial charge is 0.490 e. The van der Waals surface area contributed by atoms with E-state index in [-0.39, 0.29) is 0 Å². The second-order valence-corrected chi connectivity index (χ2v) is 5.92. The zero-order valence-corrected chi connectivity index (χ0v) is 13.2. The molecule has 2 aromatic rings. The highest BCUT2D eigenvalue weighted by Gasteiger charge is 2.14. The highest BCUT2D eigenvalue weighted by Crippen LogP contribution is 2.24. The van der Waals surface area contributed by atoms with Gasteiger partial charge in [0.25, 0.3) is 0 Å². The first-order valence-electron chi connectivity index (χ1n) is 8.19. The number of hydrogen-bond acceptors (Lipinski definition) is 4. The molecule has 1 aliphatic carbocycles. The fourth-order valence-electron chi connectivity index (χ4n) is 2.86. The van der Waals surface area contributed by atoms with Crippen molar-refractivity contribution in [3.05, 3.63) is 53.7 Å². The summed E-state index contributed by atoms with van der Waals surface area (Å²) in [6.45, 7) is 0.681. The summed E-state index contributed by atoms with van der Waals surface area (Å²) in [5.41, 5.74) is 1.72. The van der Waals surface area contributed by atoms with Crippen LogP contribution in [0, 0.1) is 11.3 Å². The number of nitriles is 1. The second kappa shape index (κ2) is 7.64. The van der Waals surface area contributed by atoms with E-state index in [0.717, 1.165) is 30.0 Å². The summed E-state index contributed by atoms with van der Waals surface area (Å²) in [5, 5.41) is 12.0. The average Bonchev–Trinajstić information content (AvgIpc) is 2.62. The quantitative estimate of drug-likeness (QED) is 0.896. The molecule has 1 heterocycles. The lowest BCUT2D eigenvalue weighted by Crippen LogP contribution is -2.19. The molecule has 1 aromatic carbocycles. The van der Waals surface area contributed by atoms with Crippen LogP contribution >= 0.6 is 0 Å². The minimum Gasteiger partial charge on any atom is -0.490 e. The van der Waals surface area contributed by atoms with Gasteiger partial charge in [-0.3, -0.25) is 0 Å². The van der Waals surface area contributed by atoms with Gasteiger partial charge in [0.2, 0.25) is 0 Å². The molecular weight excluding hydrogens is 286 g/mol. The number of benzene rings is 1. The molecule has 1 aliphatic rings. The number of ether oxygens (including phenoxy) is 1. The second-order valence-electron chi connectivity index (χ2n) is 5.92. The number of rotatable bonds is 5. The van der Waals surface area contributed by atoms with Gasteiger partial charge in [0.1, 0.15) is 17.6 Å². The fraction of sp³-hybridized carbons (Fsp3) is 0.368. The number of nitrogens with zero attached hydrogens (tertiary/aromatic N) is 2. The third kappa shape index (κ3) is 4.46. The molecule has 0 spiro atoms. The Kier molecular flexibility index (Phi) is 5.10. The molecule has 4 heteroatoms. The summed E-state index contributed by atoms with van der Waals surface area (Å²) in [6, 6.07) is 13.9. The van der Waals surface area contributed by atoms with E-state index in [0.29, 0.717) is 18.2 Å². The van der Waals surface area contributed by atoms with Gasteiger partial charge in [0.15, 0.2) is 0 Å². The molecule has 0 aliphatic heterocycles. The smallest absolute Gasteiger partial charge is 0.126 e. The maximum atomic E-state index is 8.78. The van der Waals surface area contributed by atoms with Gasteiger partial charge in [0, 0.05) is 12.7 Å². The summed E-state index contributed by atoms with van der Waals surface area (Å²) in [4.78, 5) is 4.22. The minimum atomic E-state index is 0.368. The molecule has 23 heavy (non-hydrogen) atoms. The van der Waals surface area contributed by atoms with Crippen LogP contribution in [0.4, 0.5) is 5.82 Å². The molecule has 0 atom stereocenters. The Labute approximate surface area is 137 Å². The van der Waals surface area contributed by atoms with E-state index in [9.17, 15) is 0 Å². The van der Waals surface area contributed by atoms with Crippen LogP contribution in [-0.2, 0) is 6.54 Å². The zero-order chi connectivity index (χ0) is 15.9. The van der Waals surface area contributed by atoms with Crippen molar-refractivity contribution in [1.29, 1.82) is 5.26 Å².